The number of H-pyrrole nitrogens is 1. The maximum absolute atomic E-state index is 12.1. The lowest BCUT2D eigenvalue weighted by Crippen LogP contribution is -2.26. The molecule has 1 amide bonds. The normalized spacial score (nSPS) is 11.6. The molecule has 0 aliphatic heterocycles. The van der Waals surface area contributed by atoms with Crippen molar-refractivity contribution in [3.8, 4) is 23.0 Å². The van der Waals surface area contributed by atoms with E-state index in [9.17, 15) is 9.59 Å². The van der Waals surface area contributed by atoms with Gasteiger partial charge in [0.2, 0.25) is 0 Å². The van der Waals surface area contributed by atoms with Gasteiger partial charge in [0.05, 0.1) is 7.11 Å². The fourth-order valence-corrected chi connectivity index (χ4v) is 3.74. The summed E-state index contributed by atoms with van der Waals surface area (Å²) in [5.41, 5.74) is 5.79. The first-order chi connectivity index (χ1) is 15.2. The number of esters is 1. The van der Waals surface area contributed by atoms with E-state index in [1.807, 2.05) is 24.3 Å². The monoisotopic (exact) mass is 414 g/mol. The number of nitrogens with one attached hydrogen (secondary N) is 2. The van der Waals surface area contributed by atoms with E-state index >= 15 is 0 Å². The van der Waals surface area contributed by atoms with Crippen molar-refractivity contribution in [2.75, 3.05) is 20.3 Å². The number of fused-ring (bicyclic) bond motifs is 3. The van der Waals surface area contributed by atoms with Gasteiger partial charge in [-0.15, -0.1) is 0 Å². The Kier molecular flexibility index (Phi) is 6.04. The lowest BCUT2D eigenvalue weighted by molar-refractivity contribution is 0.0594. The highest BCUT2D eigenvalue weighted by molar-refractivity contribution is 5.87. The number of benzene rings is 2. The van der Waals surface area contributed by atoms with Gasteiger partial charge in [-0.3, -0.25) is 0 Å². The zero-order valence-corrected chi connectivity index (χ0v) is 17.1. The Hall–Kier alpha value is -3.98. The second-order valence-electron chi connectivity index (χ2n) is 7.10. The predicted octanol–water partition coefficient (Wildman–Crippen LogP) is 4.08. The molecule has 0 saturated heterocycles. The van der Waals surface area contributed by atoms with Crippen LogP contribution >= 0.6 is 0 Å². The lowest BCUT2D eigenvalue weighted by Gasteiger charge is -2.14. The highest BCUT2D eigenvalue weighted by Gasteiger charge is 2.28. The fraction of sp³-hybridized carbons (Fsp3) is 0.200. The number of aromatic nitrogens is 1. The van der Waals surface area contributed by atoms with Crippen LogP contribution < -0.4 is 5.32 Å². The van der Waals surface area contributed by atoms with Gasteiger partial charge in [0.1, 0.15) is 12.3 Å². The van der Waals surface area contributed by atoms with E-state index in [2.05, 4.69) is 51.1 Å². The number of ether oxygens (including phenoxy) is 2. The SMILES string of the molecule is COC(=O)c1cc(C#CCCNC(=O)OCC2c3ccccc3-c3ccccc32)c[nH]1. The van der Waals surface area contributed by atoms with Gasteiger partial charge in [0.25, 0.3) is 0 Å². The molecule has 0 fully saturated rings. The Bertz CT molecular complexity index is 1120. The van der Waals surface area contributed by atoms with Crippen molar-refractivity contribution in [2.24, 2.45) is 0 Å². The highest BCUT2D eigenvalue weighted by atomic mass is 16.5. The summed E-state index contributed by atoms with van der Waals surface area (Å²) in [5.74, 6) is 5.49. The molecule has 0 radical (unpaired) electrons. The van der Waals surface area contributed by atoms with Crippen LogP contribution in [0, 0.1) is 11.8 Å². The zero-order chi connectivity index (χ0) is 21.6. The molecule has 1 aromatic heterocycles. The largest absolute Gasteiger partial charge is 0.464 e. The number of hydrogen-bond donors (Lipinski definition) is 2. The fourth-order valence-electron chi connectivity index (χ4n) is 3.74. The molecule has 1 aliphatic rings. The summed E-state index contributed by atoms with van der Waals surface area (Å²) in [5, 5.41) is 2.73. The van der Waals surface area contributed by atoms with Crippen molar-refractivity contribution in [3.05, 3.63) is 83.2 Å². The van der Waals surface area contributed by atoms with Crippen LogP contribution in [0.2, 0.25) is 0 Å². The number of alkyl carbamates (subject to hydrolysis) is 1. The summed E-state index contributed by atoms with van der Waals surface area (Å²) in [6.45, 7) is 0.656. The van der Waals surface area contributed by atoms with Gasteiger partial charge < -0.3 is 19.8 Å². The Balaban J connectivity index is 1.26. The number of aromatic amines is 1. The Labute approximate surface area is 180 Å². The van der Waals surface area contributed by atoms with Crippen LogP contribution in [-0.2, 0) is 9.47 Å². The summed E-state index contributed by atoms with van der Waals surface area (Å²) >= 11 is 0. The Morgan fingerprint density at radius 1 is 1.06 bits per heavy atom. The number of hydrogen-bond acceptors (Lipinski definition) is 4. The van der Waals surface area contributed by atoms with E-state index in [4.69, 9.17) is 4.74 Å². The molecule has 0 bridgehead atoms. The molecule has 2 aromatic carbocycles. The van der Waals surface area contributed by atoms with E-state index < -0.39 is 12.1 Å². The summed E-state index contributed by atoms with van der Waals surface area (Å²) in [6.07, 6.45) is 1.64. The van der Waals surface area contributed by atoms with Gasteiger partial charge in [0.15, 0.2) is 0 Å². The quantitative estimate of drug-likeness (QED) is 0.375. The van der Waals surface area contributed by atoms with Gasteiger partial charge in [-0.25, -0.2) is 9.59 Å². The number of amides is 1. The van der Waals surface area contributed by atoms with Crippen LogP contribution in [0.4, 0.5) is 4.79 Å². The molecular weight excluding hydrogens is 392 g/mol. The minimum absolute atomic E-state index is 0.0375. The first-order valence-corrected chi connectivity index (χ1v) is 10.0. The van der Waals surface area contributed by atoms with E-state index in [-0.39, 0.29) is 12.5 Å². The van der Waals surface area contributed by atoms with Gasteiger partial charge in [-0.05, 0) is 28.3 Å². The summed E-state index contributed by atoms with van der Waals surface area (Å²) in [7, 11) is 1.32. The van der Waals surface area contributed by atoms with Crippen LogP contribution in [0.5, 0.6) is 0 Å². The van der Waals surface area contributed by atoms with E-state index in [1.165, 1.54) is 29.4 Å². The first-order valence-electron chi connectivity index (χ1n) is 10.0. The molecule has 1 heterocycles. The van der Waals surface area contributed by atoms with Crippen molar-refractivity contribution in [2.45, 2.75) is 12.3 Å². The van der Waals surface area contributed by atoms with E-state index in [0.29, 0.717) is 24.2 Å². The van der Waals surface area contributed by atoms with Crippen LogP contribution in [0.25, 0.3) is 11.1 Å². The minimum Gasteiger partial charge on any atom is -0.464 e. The van der Waals surface area contributed by atoms with E-state index in [1.54, 1.807) is 12.3 Å². The Morgan fingerprint density at radius 2 is 1.74 bits per heavy atom. The van der Waals surface area contributed by atoms with Crippen molar-refractivity contribution in [1.82, 2.24) is 10.3 Å². The van der Waals surface area contributed by atoms with Crippen molar-refractivity contribution in [1.29, 1.82) is 0 Å². The molecule has 0 unspecified atom stereocenters. The third kappa shape index (κ3) is 4.46. The second kappa shape index (κ2) is 9.23. The van der Waals surface area contributed by atoms with Crippen molar-refractivity contribution >= 4 is 12.1 Å². The number of methoxy groups -OCH3 is 1. The molecule has 4 rings (SSSR count). The third-order valence-electron chi connectivity index (χ3n) is 5.18. The molecule has 6 nitrogen and oxygen atoms in total. The average Bonchev–Trinajstić information content (AvgIpc) is 3.40. The van der Waals surface area contributed by atoms with Gasteiger partial charge in [-0.2, -0.15) is 0 Å². The van der Waals surface area contributed by atoms with Crippen LogP contribution in [0.1, 0.15) is 39.5 Å². The van der Waals surface area contributed by atoms with Crippen LogP contribution in [0.3, 0.4) is 0 Å². The van der Waals surface area contributed by atoms with Crippen LogP contribution in [-0.4, -0.2) is 37.3 Å². The number of rotatable bonds is 5. The molecular formula is C25H22N2O4. The molecule has 0 spiro atoms. The highest BCUT2D eigenvalue weighted by Crippen LogP contribution is 2.44. The molecule has 0 saturated carbocycles. The zero-order valence-electron chi connectivity index (χ0n) is 17.1. The number of carbonyl (C=O) groups is 2. The van der Waals surface area contributed by atoms with E-state index in [0.717, 1.165) is 0 Å². The smallest absolute Gasteiger partial charge is 0.407 e. The average molecular weight is 414 g/mol. The lowest BCUT2D eigenvalue weighted by atomic mass is 9.98. The first kappa shape index (κ1) is 20.3. The van der Waals surface area contributed by atoms with Crippen molar-refractivity contribution in [3.63, 3.8) is 0 Å². The second-order valence-corrected chi connectivity index (χ2v) is 7.10. The molecule has 3 aromatic rings. The number of carbonyl (C=O) groups excluding carboxylic acids is 2. The molecule has 2 N–H and O–H groups in total. The predicted molar refractivity (Wildman–Crippen MR) is 117 cm³/mol. The molecule has 31 heavy (non-hydrogen) atoms. The summed E-state index contributed by atoms with van der Waals surface area (Å²) < 4.78 is 10.1. The maximum Gasteiger partial charge on any atom is 0.407 e. The molecule has 0 atom stereocenters. The summed E-state index contributed by atoms with van der Waals surface area (Å²) in [4.78, 5) is 26.3. The maximum atomic E-state index is 12.1. The van der Waals surface area contributed by atoms with Gasteiger partial charge >= 0.3 is 12.1 Å². The molecule has 6 heteroatoms. The summed E-state index contributed by atoms with van der Waals surface area (Å²) in [6, 6.07) is 18.1. The Morgan fingerprint density at radius 3 is 2.42 bits per heavy atom. The van der Waals surface area contributed by atoms with Crippen molar-refractivity contribution < 1.29 is 19.1 Å². The third-order valence-corrected chi connectivity index (χ3v) is 5.18. The van der Waals surface area contributed by atoms with Crippen LogP contribution in [0.15, 0.2) is 60.8 Å². The topological polar surface area (TPSA) is 80.4 Å². The molecule has 1 aliphatic carbocycles. The minimum atomic E-state index is -0.460. The molecule has 156 valence electrons. The van der Waals surface area contributed by atoms with Gasteiger partial charge in [0, 0.05) is 30.6 Å². The van der Waals surface area contributed by atoms with Gasteiger partial charge in [-0.1, -0.05) is 60.4 Å². The standard InChI is InChI=1S/C25H22N2O4/c1-30-24(28)23-14-17(15-27-23)8-6-7-13-26-25(29)31-16-22-20-11-4-2-9-18(20)19-10-3-5-12-21(19)22/h2-5,9-12,14-15,22,27H,7,13,16H2,1H3,(H,26,29).